The van der Waals surface area contributed by atoms with Gasteiger partial charge in [0, 0.05) is 54.6 Å². The maximum Gasteiger partial charge on any atom is 0.303 e. The molecule has 1 saturated heterocycles. The average Bonchev–Trinajstić information content (AvgIpc) is 3.10. The van der Waals surface area contributed by atoms with Crippen LogP contribution in [0.3, 0.4) is 0 Å². The lowest BCUT2D eigenvalue weighted by molar-refractivity contribution is -0.245. The van der Waals surface area contributed by atoms with Gasteiger partial charge in [0.1, 0.15) is 0 Å². The van der Waals surface area contributed by atoms with Gasteiger partial charge in [-0.25, -0.2) is 0 Å². The smallest absolute Gasteiger partial charge is 0.303 e. The van der Waals surface area contributed by atoms with E-state index in [1.807, 2.05) is 91.0 Å². The molecule has 3 atom stereocenters. The number of carboxylic acid groups (broad SMARTS) is 1. The highest BCUT2D eigenvalue weighted by molar-refractivity contribution is 7.99. The molecule has 4 N–H and O–H groups in total. The highest BCUT2D eigenvalue weighted by Crippen LogP contribution is 2.40. The number of carbonyl (C=O) groups excluding carboxylic acids is 2. The topological polar surface area (TPSA) is 134 Å². The van der Waals surface area contributed by atoms with Gasteiger partial charge in [-0.1, -0.05) is 60.7 Å². The van der Waals surface area contributed by atoms with Crippen molar-refractivity contribution in [1.82, 2.24) is 5.32 Å². The number of aliphatic hydroxyl groups is 1. The predicted octanol–water partition coefficient (Wildman–Crippen LogP) is 7.01. The summed E-state index contributed by atoms with van der Waals surface area (Å²) in [4.78, 5) is 35.4. The fourth-order valence-electron chi connectivity index (χ4n) is 5.46. The summed E-state index contributed by atoms with van der Waals surface area (Å²) in [6.07, 6.45) is 0.178. The van der Waals surface area contributed by atoms with Crippen molar-refractivity contribution >= 4 is 35.2 Å². The number of amides is 2. The summed E-state index contributed by atoms with van der Waals surface area (Å²) in [6, 6.07) is 31.6. The average molecular weight is 669 g/mol. The van der Waals surface area contributed by atoms with Gasteiger partial charge in [0.05, 0.1) is 18.8 Å². The number of rotatable bonds is 14. The Kier molecular flexibility index (Phi) is 12.4. The van der Waals surface area contributed by atoms with Crippen LogP contribution in [0, 0.1) is 0 Å². The number of carboxylic acids is 1. The summed E-state index contributed by atoms with van der Waals surface area (Å²) in [7, 11) is 0. The van der Waals surface area contributed by atoms with Crippen molar-refractivity contribution in [3.63, 3.8) is 0 Å². The Labute approximate surface area is 284 Å². The molecule has 48 heavy (non-hydrogen) atoms. The van der Waals surface area contributed by atoms with E-state index in [1.165, 1.54) is 6.92 Å². The molecule has 1 aliphatic heterocycles. The fraction of sp³-hybridized carbons (Fsp3) is 0.289. The highest BCUT2D eigenvalue weighted by Gasteiger charge is 2.32. The zero-order valence-electron chi connectivity index (χ0n) is 26.8. The quantitative estimate of drug-likeness (QED) is 0.105. The van der Waals surface area contributed by atoms with E-state index < -0.39 is 12.3 Å². The Balaban J connectivity index is 1.30. The van der Waals surface area contributed by atoms with Crippen molar-refractivity contribution in [3.8, 4) is 11.1 Å². The second-order valence-electron chi connectivity index (χ2n) is 11.7. The summed E-state index contributed by atoms with van der Waals surface area (Å²) in [5.41, 5.74) is 6.39. The molecule has 5 rings (SSSR count). The molecule has 10 heteroatoms. The Morgan fingerprint density at radius 2 is 1.56 bits per heavy atom. The Morgan fingerprint density at radius 1 is 0.833 bits per heavy atom. The van der Waals surface area contributed by atoms with Crippen LogP contribution in [0.15, 0.2) is 102 Å². The number of nitrogens with one attached hydrogen (secondary N) is 2. The number of hydrogen-bond donors (Lipinski definition) is 4. The fourth-order valence-corrected chi connectivity index (χ4v) is 6.39. The lowest BCUT2D eigenvalue weighted by Crippen LogP contribution is -2.31. The second kappa shape index (κ2) is 17.1. The van der Waals surface area contributed by atoms with E-state index in [9.17, 15) is 19.5 Å². The minimum absolute atomic E-state index is 0.0231. The van der Waals surface area contributed by atoms with E-state index in [0.29, 0.717) is 25.1 Å². The summed E-state index contributed by atoms with van der Waals surface area (Å²) in [6.45, 7) is 1.81. The lowest BCUT2D eigenvalue weighted by Gasteiger charge is -2.36. The van der Waals surface area contributed by atoms with E-state index in [4.69, 9.17) is 14.6 Å². The molecule has 1 fully saturated rings. The number of hydrogen-bond acceptors (Lipinski definition) is 7. The van der Waals surface area contributed by atoms with E-state index in [0.717, 1.165) is 44.0 Å². The van der Waals surface area contributed by atoms with Gasteiger partial charge in [-0.2, -0.15) is 0 Å². The third-order valence-electron chi connectivity index (χ3n) is 7.93. The molecule has 250 valence electrons. The van der Waals surface area contributed by atoms with Crippen LogP contribution in [0.2, 0.25) is 0 Å². The Morgan fingerprint density at radius 3 is 2.27 bits per heavy atom. The molecule has 0 aliphatic carbocycles. The third-order valence-corrected chi connectivity index (χ3v) is 9.07. The van der Waals surface area contributed by atoms with Crippen molar-refractivity contribution in [1.29, 1.82) is 0 Å². The number of ether oxygens (including phenoxy) is 2. The van der Waals surface area contributed by atoms with Gasteiger partial charge < -0.3 is 30.3 Å². The zero-order valence-corrected chi connectivity index (χ0v) is 27.6. The van der Waals surface area contributed by atoms with Gasteiger partial charge in [-0.15, -0.1) is 11.8 Å². The maximum atomic E-state index is 12.2. The van der Waals surface area contributed by atoms with E-state index in [2.05, 4.69) is 16.7 Å². The van der Waals surface area contributed by atoms with Crippen LogP contribution in [0.4, 0.5) is 5.69 Å². The Hall–Kier alpha value is -4.48. The lowest BCUT2D eigenvalue weighted by atomic mass is 9.99. The van der Waals surface area contributed by atoms with Crippen LogP contribution in [-0.4, -0.2) is 39.9 Å². The van der Waals surface area contributed by atoms with Crippen LogP contribution < -0.4 is 10.6 Å². The number of benzene rings is 4. The minimum Gasteiger partial charge on any atom is -0.481 e. The van der Waals surface area contributed by atoms with Gasteiger partial charge in [-0.3, -0.25) is 14.4 Å². The molecule has 0 aromatic heterocycles. The maximum absolute atomic E-state index is 12.2. The van der Waals surface area contributed by atoms with Crippen molar-refractivity contribution in [2.24, 2.45) is 0 Å². The second-order valence-corrected chi connectivity index (χ2v) is 12.8. The predicted molar refractivity (Wildman–Crippen MR) is 185 cm³/mol. The van der Waals surface area contributed by atoms with Gasteiger partial charge in [-0.05, 0) is 70.6 Å². The van der Waals surface area contributed by atoms with Gasteiger partial charge >= 0.3 is 5.97 Å². The molecule has 9 nitrogen and oxygen atoms in total. The number of carbonyl (C=O) groups is 3. The number of aliphatic carboxylic acids is 1. The van der Waals surface area contributed by atoms with Crippen LogP contribution in [-0.2, 0) is 37.0 Å². The Bertz CT molecular complexity index is 1690. The first-order valence-electron chi connectivity index (χ1n) is 15.9. The molecule has 0 bridgehead atoms. The first-order chi connectivity index (χ1) is 23.2. The largest absolute Gasteiger partial charge is 0.481 e. The monoisotopic (exact) mass is 668 g/mol. The minimum atomic E-state index is -0.908. The van der Waals surface area contributed by atoms with Crippen molar-refractivity contribution in [2.45, 2.75) is 69.2 Å². The third kappa shape index (κ3) is 10.3. The molecule has 1 heterocycles. The molecular weight excluding hydrogens is 628 g/mol. The summed E-state index contributed by atoms with van der Waals surface area (Å²) in [5, 5.41) is 24.0. The van der Waals surface area contributed by atoms with Gasteiger partial charge in [0.25, 0.3) is 0 Å². The number of aliphatic hydroxyl groups excluding tert-OH is 1. The summed E-state index contributed by atoms with van der Waals surface area (Å²) < 4.78 is 13.1. The molecule has 2 amide bonds. The van der Waals surface area contributed by atoms with Gasteiger partial charge in [0.15, 0.2) is 6.29 Å². The first kappa shape index (κ1) is 34.8. The van der Waals surface area contributed by atoms with Crippen molar-refractivity contribution in [2.75, 3.05) is 11.1 Å². The highest BCUT2D eigenvalue weighted by atomic mass is 32.2. The summed E-state index contributed by atoms with van der Waals surface area (Å²) in [5.74, 6) is -0.489. The SMILES string of the molecule is CC(=O)Nc1ccc(SCC2CC(c3ccc(CO)cc3)OC(c3cccc(-c4cccc(CNC(=O)CCCC(=O)O)c4)c3)O2)cc1. The normalized spacial score (nSPS) is 17.4. The number of thioether (sulfide) groups is 1. The molecule has 0 spiro atoms. The summed E-state index contributed by atoms with van der Waals surface area (Å²) >= 11 is 1.69. The van der Waals surface area contributed by atoms with Crippen molar-refractivity contribution < 1.29 is 34.1 Å². The standard InChI is InChI=1S/C38H40N2O7S/c1-25(42)40-32-15-17-34(18-16-32)48-24-33-21-35(28-13-11-26(23-41)12-14-28)47-38(46-33)31-8-3-7-30(20-31)29-6-2-5-27(19-29)22-39-36(43)9-4-10-37(44)45/h2-3,5-8,11-20,33,35,38,41H,4,9-10,21-24H2,1H3,(H,39,43)(H,40,42)(H,44,45). The molecular formula is C38H40N2O7S. The van der Waals surface area contributed by atoms with Crippen LogP contribution >= 0.6 is 11.8 Å². The first-order valence-corrected chi connectivity index (χ1v) is 16.9. The molecule has 1 aliphatic rings. The van der Waals surface area contributed by atoms with Crippen LogP contribution in [0.25, 0.3) is 11.1 Å². The number of anilines is 1. The van der Waals surface area contributed by atoms with E-state index in [-0.39, 0.29) is 43.5 Å². The van der Waals surface area contributed by atoms with Crippen LogP contribution in [0.5, 0.6) is 0 Å². The van der Waals surface area contributed by atoms with E-state index in [1.54, 1.807) is 11.8 Å². The zero-order chi connectivity index (χ0) is 33.9. The van der Waals surface area contributed by atoms with Gasteiger partial charge in [0.2, 0.25) is 11.8 Å². The van der Waals surface area contributed by atoms with E-state index >= 15 is 0 Å². The molecule has 0 radical (unpaired) electrons. The van der Waals surface area contributed by atoms with Crippen LogP contribution in [0.1, 0.15) is 67.3 Å². The van der Waals surface area contributed by atoms with Crippen molar-refractivity contribution in [3.05, 3.63) is 119 Å². The molecule has 3 unspecified atom stereocenters. The molecule has 4 aromatic rings. The molecule has 0 saturated carbocycles. The molecule has 4 aromatic carbocycles.